The van der Waals surface area contributed by atoms with Crippen LogP contribution >= 0.6 is 27.3 Å². The average Bonchev–Trinajstić information content (AvgIpc) is 2.85. The molecule has 1 aromatic heterocycles. The first kappa shape index (κ1) is 13.6. The number of hydrogen-bond donors (Lipinski definition) is 1. The number of piperidine rings is 2. The minimum atomic E-state index is 0.200. The Balaban J connectivity index is 1.74. The second kappa shape index (κ2) is 5.54. The summed E-state index contributed by atoms with van der Waals surface area (Å²) in [6, 6.07) is 1.96. The Morgan fingerprint density at radius 3 is 2.95 bits per heavy atom. The number of halogens is 1. The second-order valence-corrected chi connectivity index (χ2v) is 7.48. The molecule has 1 aromatic rings. The summed E-state index contributed by atoms with van der Waals surface area (Å²) in [6.45, 7) is 4.03. The number of carbonyl (C=O) groups is 1. The summed E-state index contributed by atoms with van der Waals surface area (Å²) >= 11 is 5.00. The van der Waals surface area contributed by atoms with Gasteiger partial charge < -0.3 is 10.2 Å². The van der Waals surface area contributed by atoms with E-state index in [0.717, 1.165) is 41.9 Å². The quantitative estimate of drug-likeness (QED) is 0.850. The molecule has 3 rings (SSSR count). The zero-order valence-electron chi connectivity index (χ0n) is 11.0. The predicted molar refractivity (Wildman–Crippen MR) is 81.7 cm³/mol. The van der Waals surface area contributed by atoms with E-state index >= 15 is 0 Å². The van der Waals surface area contributed by atoms with Crippen LogP contribution in [0.5, 0.6) is 0 Å². The summed E-state index contributed by atoms with van der Waals surface area (Å²) in [6.07, 6.45) is 4.89. The summed E-state index contributed by atoms with van der Waals surface area (Å²) in [7, 11) is 0. The Hall–Kier alpha value is -0.390. The Labute approximate surface area is 126 Å². The first-order valence-electron chi connectivity index (χ1n) is 6.93. The number of thiophene rings is 1. The standard InChI is InChI=1S/C14H19BrN2OS/c15-11-3-8-19-12(11)13(18)17-7-2-5-14(10-17)4-1-6-16-9-14/h3,8,16H,1-2,4-7,9-10H2. The fraction of sp³-hybridized carbons (Fsp3) is 0.643. The summed E-state index contributed by atoms with van der Waals surface area (Å²) < 4.78 is 0.934. The molecule has 3 heterocycles. The molecule has 1 amide bonds. The summed E-state index contributed by atoms with van der Waals surface area (Å²) in [5, 5.41) is 5.48. The van der Waals surface area contributed by atoms with Crippen molar-refractivity contribution < 1.29 is 4.79 Å². The van der Waals surface area contributed by atoms with Crippen molar-refractivity contribution in [2.24, 2.45) is 5.41 Å². The first-order valence-corrected chi connectivity index (χ1v) is 8.60. The van der Waals surface area contributed by atoms with E-state index < -0.39 is 0 Å². The Morgan fingerprint density at radius 2 is 2.26 bits per heavy atom. The Kier molecular flexibility index (Phi) is 3.96. The van der Waals surface area contributed by atoms with Crippen molar-refractivity contribution in [1.29, 1.82) is 0 Å². The van der Waals surface area contributed by atoms with Gasteiger partial charge in [0.1, 0.15) is 4.88 Å². The first-order chi connectivity index (χ1) is 9.20. The topological polar surface area (TPSA) is 32.3 Å². The van der Waals surface area contributed by atoms with Gasteiger partial charge in [0.25, 0.3) is 5.91 Å². The van der Waals surface area contributed by atoms with E-state index in [4.69, 9.17) is 0 Å². The highest BCUT2D eigenvalue weighted by Gasteiger charge is 2.38. The smallest absolute Gasteiger partial charge is 0.265 e. The molecular formula is C14H19BrN2OS. The van der Waals surface area contributed by atoms with Gasteiger partial charge in [-0.3, -0.25) is 4.79 Å². The molecule has 0 saturated carbocycles. The Bertz CT molecular complexity index is 462. The molecule has 1 spiro atoms. The molecular weight excluding hydrogens is 324 g/mol. The van der Waals surface area contributed by atoms with Crippen molar-refractivity contribution in [3.05, 3.63) is 20.8 Å². The lowest BCUT2D eigenvalue weighted by Crippen LogP contribution is -2.52. The third kappa shape index (κ3) is 2.73. The SMILES string of the molecule is O=C(c1sccc1Br)N1CCCC2(CCCNC2)C1. The molecule has 1 unspecified atom stereocenters. The molecule has 104 valence electrons. The zero-order valence-corrected chi connectivity index (χ0v) is 13.4. The van der Waals surface area contributed by atoms with E-state index in [-0.39, 0.29) is 5.91 Å². The van der Waals surface area contributed by atoms with E-state index in [2.05, 4.69) is 26.1 Å². The third-order valence-corrected chi connectivity index (χ3v) is 6.15. The van der Waals surface area contributed by atoms with Gasteiger partial charge in [-0.05, 0) is 59.6 Å². The molecule has 1 N–H and O–H groups in total. The van der Waals surface area contributed by atoms with Gasteiger partial charge in [0.15, 0.2) is 0 Å². The lowest BCUT2D eigenvalue weighted by atomic mass is 9.74. The molecule has 2 aliphatic heterocycles. The van der Waals surface area contributed by atoms with Gasteiger partial charge in [0, 0.05) is 29.5 Å². The van der Waals surface area contributed by atoms with Crippen LogP contribution in [0.3, 0.4) is 0 Å². The van der Waals surface area contributed by atoms with Crippen LogP contribution in [0.1, 0.15) is 35.4 Å². The lowest BCUT2D eigenvalue weighted by Gasteiger charge is -2.45. The molecule has 0 bridgehead atoms. The molecule has 0 aromatic carbocycles. The summed E-state index contributed by atoms with van der Waals surface area (Å²) in [4.78, 5) is 15.5. The van der Waals surface area contributed by atoms with Crippen molar-refractivity contribution in [2.45, 2.75) is 25.7 Å². The molecule has 19 heavy (non-hydrogen) atoms. The number of amides is 1. The molecule has 3 nitrogen and oxygen atoms in total. The molecule has 2 fully saturated rings. The van der Waals surface area contributed by atoms with Crippen LogP contribution in [0, 0.1) is 5.41 Å². The monoisotopic (exact) mass is 342 g/mol. The molecule has 1 atom stereocenters. The number of carbonyl (C=O) groups excluding carboxylic acids is 1. The van der Waals surface area contributed by atoms with Gasteiger partial charge >= 0.3 is 0 Å². The van der Waals surface area contributed by atoms with Crippen molar-refractivity contribution in [2.75, 3.05) is 26.2 Å². The lowest BCUT2D eigenvalue weighted by molar-refractivity contribution is 0.0437. The largest absolute Gasteiger partial charge is 0.337 e. The van der Waals surface area contributed by atoms with Crippen molar-refractivity contribution in [3.8, 4) is 0 Å². The molecule has 2 saturated heterocycles. The van der Waals surface area contributed by atoms with Crippen LogP contribution < -0.4 is 5.32 Å². The van der Waals surface area contributed by atoms with Crippen molar-refractivity contribution in [3.63, 3.8) is 0 Å². The minimum Gasteiger partial charge on any atom is -0.337 e. The van der Waals surface area contributed by atoms with E-state index in [1.807, 2.05) is 11.4 Å². The highest BCUT2D eigenvalue weighted by molar-refractivity contribution is 9.10. The number of hydrogen-bond acceptors (Lipinski definition) is 3. The minimum absolute atomic E-state index is 0.200. The number of likely N-dealkylation sites (tertiary alicyclic amines) is 1. The van der Waals surface area contributed by atoms with E-state index in [1.165, 1.54) is 30.6 Å². The molecule has 2 aliphatic rings. The maximum absolute atomic E-state index is 12.6. The van der Waals surface area contributed by atoms with Crippen LogP contribution in [0.2, 0.25) is 0 Å². The Morgan fingerprint density at radius 1 is 1.42 bits per heavy atom. The maximum Gasteiger partial charge on any atom is 0.265 e. The molecule has 5 heteroatoms. The average molecular weight is 343 g/mol. The fourth-order valence-electron chi connectivity index (χ4n) is 3.35. The zero-order chi connectivity index (χ0) is 13.3. The fourth-order valence-corrected chi connectivity index (χ4v) is 4.86. The van der Waals surface area contributed by atoms with Crippen molar-refractivity contribution in [1.82, 2.24) is 10.2 Å². The number of nitrogens with zero attached hydrogens (tertiary/aromatic N) is 1. The second-order valence-electron chi connectivity index (χ2n) is 5.71. The van der Waals surface area contributed by atoms with E-state index in [0.29, 0.717) is 5.41 Å². The van der Waals surface area contributed by atoms with Crippen LogP contribution in [-0.2, 0) is 0 Å². The van der Waals surface area contributed by atoms with Gasteiger partial charge in [-0.1, -0.05) is 0 Å². The normalized spacial score (nSPS) is 27.7. The third-order valence-electron chi connectivity index (χ3n) is 4.32. The summed E-state index contributed by atoms with van der Waals surface area (Å²) in [5.74, 6) is 0.200. The van der Waals surface area contributed by atoms with E-state index in [1.54, 1.807) is 0 Å². The van der Waals surface area contributed by atoms with Gasteiger partial charge in [-0.2, -0.15) is 0 Å². The highest BCUT2D eigenvalue weighted by Crippen LogP contribution is 2.37. The number of nitrogens with one attached hydrogen (secondary N) is 1. The van der Waals surface area contributed by atoms with Gasteiger partial charge in [-0.15, -0.1) is 11.3 Å². The van der Waals surface area contributed by atoms with E-state index in [9.17, 15) is 4.79 Å². The number of rotatable bonds is 1. The maximum atomic E-state index is 12.6. The van der Waals surface area contributed by atoms with Crippen LogP contribution in [0.15, 0.2) is 15.9 Å². The molecule has 0 radical (unpaired) electrons. The summed E-state index contributed by atoms with van der Waals surface area (Å²) in [5.41, 5.74) is 0.329. The van der Waals surface area contributed by atoms with Gasteiger partial charge in [0.2, 0.25) is 0 Å². The van der Waals surface area contributed by atoms with Crippen molar-refractivity contribution >= 4 is 33.2 Å². The van der Waals surface area contributed by atoms with Gasteiger partial charge in [-0.25, -0.2) is 0 Å². The van der Waals surface area contributed by atoms with Crippen LogP contribution in [0.25, 0.3) is 0 Å². The molecule has 0 aliphatic carbocycles. The predicted octanol–water partition coefficient (Wildman–Crippen LogP) is 3.12. The highest BCUT2D eigenvalue weighted by atomic mass is 79.9. The van der Waals surface area contributed by atoms with Gasteiger partial charge in [0.05, 0.1) is 0 Å². The van der Waals surface area contributed by atoms with Crippen LogP contribution in [0.4, 0.5) is 0 Å². The van der Waals surface area contributed by atoms with Crippen LogP contribution in [-0.4, -0.2) is 37.0 Å².